The molecule has 0 unspecified atom stereocenters. The Bertz CT molecular complexity index is 659. The van der Waals surface area contributed by atoms with Gasteiger partial charge in [0.25, 0.3) is 5.91 Å². The van der Waals surface area contributed by atoms with Crippen LogP contribution in [0.15, 0.2) is 40.8 Å². The highest BCUT2D eigenvalue weighted by Gasteiger charge is 2.17. The minimum absolute atomic E-state index is 0.175. The number of methoxy groups -OCH3 is 1. The molecule has 3 rings (SSSR count). The molecular weight excluding hydrogens is 294 g/mol. The summed E-state index contributed by atoms with van der Waals surface area (Å²) in [6.45, 7) is 2.22. The minimum Gasteiger partial charge on any atom is -0.497 e. The van der Waals surface area contributed by atoms with Crippen molar-refractivity contribution in [3.05, 3.63) is 42.2 Å². The van der Waals surface area contributed by atoms with Crippen LogP contribution in [0.2, 0.25) is 0 Å². The Hall–Kier alpha value is -2.27. The van der Waals surface area contributed by atoms with Crippen molar-refractivity contribution in [2.45, 2.75) is 12.8 Å². The number of rotatable bonds is 5. The van der Waals surface area contributed by atoms with Crippen molar-refractivity contribution in [3.8, 4) is 17.1 Å². The fourth-order valence-corrected chi connectivity index (χ4v) is 2.67. The van der Waals surface area contributed by atoms with Gasteiger partial charge in [-0.2, -0.15) is 0 Å². The molecule has 23 heavy (non-hydrogen) atoms. The maximum Gasteiger partial charge on any atom is 0.287 e. The smallest absolute Gasteiger partial charge is 0.287 e. The fourth-order valence-electron chi connectivity index (χ4n) is 2.67. The van der Waals surface area contributed by atoms with Gasteiger partial charge in [0.15, 0.2) is 5.76 Å². The van der Waals surface area contributed by atoms with E-state index in [-0.39, 0.29) is 5.91 Å². The predicted octanol–water partition coefficient (Wildman–Crippen LogP) is 3.11. The SMILES string of the molecule is COc1cccc(-c2ccc(C(=O)NCC3CCOCC3)o2)c1. The van der Waals surface area contributed by atoms with Gasteiger partial charge in [-0.1, -0.05) is 12.1 Å². The molecule has 0 saturated carbocycles. The Morgan fingerprint density at radius 1 is 1.26 bits per heavy atom. The van der Waals surface area contributed by atoms with E-state index in [4.69, 9.17) is 13.9 Å². The number of ether oxygens (including phenoxy) is 2. The molecule has 1 aliphatic rings. The molecule has 2 aromatic rings. The fraction of sp³-hybridized carbons (Fsp3) is 0.389. The standard InChI is InChI=1S/C18H21NO4/c1-21-15-4-2-3-14(11-15)16-5-6-17(23-16)18(20)19-12-13-7-9-22-10-8-13/h2-6,11,13H,7-10,12H2,1H3,(H,19,20). The first kappa shape index (κ1) is 15.6. The Morgan fingerprint density at radius 2 is 2.09 bits per heavy atom. The molecule has 1 aliphatic heterocycles. The van der Waals surface area contributed by atoms with Crippen molar-refractivity contribution < 1.29 is 18.7 Å². The van der Waals surface area contributed by atoms with E-state index in [2.05, 4.69) is 5.32 Å². The molecule has 1 aromatic carbocycles. The topological polar surface area (TPSA) is 60.7 Å². The van der Waals surface area contributed by atoms with Crippen LogP contribution in [-0.4, -0.2) is 32.8 Å². The predicted molar refractivity (Wildman–Crippen MR) is 86.6 cm³/mol. The van der Waals surface area contributed by atoms with E-state index in [1.54, 1.807) is 19.2 Å². The highest BCUT2D eigenvalue weighted by atomic mass is 16.5. The lowest BCUT2D eigenvalue weighted by molar-refractivity contribution is 0.0639. The van der Waals surface area contributed by atoms with Crippen molar-refractivity contribution >= 4 is 5.91 Å². The van der Waals surface area contributed by atoms with Crippen LogP contribution in [0.5, 0.6) is 5.75 Å². The highest BCUT2D eigenvalue weighted by Crippen LogP contribution is 2.25. The maximum atomic E-state index is 12.2. The van der Waals surface area contributed by atoms with Crippen LogP contribution < -0.4 is 10.1 Å². The van der Waals surface area contributed by atoms with Crippen LogP contribution in [0.25, 0.3) is 11.3 Å². The van der Waals surface area contributed by atoms with Gasteiger partial charge in [-0.3, -0.25) is 4.79 Å². The molecule has 0 spiro atoms. The van der Waals surface area contributed by atoms with Crippen LogP contribution >= 0.6 is 0 Å². The number of amides is 1. The van der Waals surface area contributed by atoms with Gasteiger partial charge in [0.1, 0.15) is 11.5 Å². The quantitative estimate of drug-likeness (QED) is 0.921. The Morgan fingerprint density at radius 3 is 2.87 bits per heavy atom. The lowest BCUT2D eigenvalue weighted by Crippen LogP contribution is -2.31. The number of hydrogen-bond donors (Lipinski definition) is 1. The van der Waals surface area contributed by atoms with Crippen molar-refractivity contribution in [1.82, 2.24) is 5.32 Å². The second-order valence-corrected chi connectivity index (χ2v) is 5.66. The molecule has 122 valence electrons. The molecule has 0 atom stereocenters. The number of benzene rings is 1. The zero-order valence-corrected chi connectivity index (χ0v) is 13.2. The third-order valence-corrected chi connectivity index (χ3v) is 4.08. The summed E-state index contributed by atoms with van der Waals surface area (Å²) in [5.41, 5.74) is 0.882. The van der Waals surface area contributed by atoms with Crippen LogP contribution in [0.3, 0.4) is 0 Å². The third kappa shape index (κ3) is 3.93. The van der Waals surface area contributed by atoms with Crippen molar-refractivity contribution in [2.75, 3.05) is 26.9 Å². The monoisotopic (exact) mass is 315 g/mol. The van der Waals surface area contributed by atoms with E-state index >= 15 is 0 Å². The number of carbonyl (C=O) groups is 1. The molecule has 1 amide bonds. The van der Waals surface area contributed by atoms with Gasteiger partial charge in [0.2, 0.25) is 0 Å². The summed E-state index contributed by atoms with van der Waals surface area (Å²) in [6, 6.07) is 11.1. The van der Waals surface area contributed by atoms with Crippen molar-refractivity contribution in [3.63, 3.8) is 0 Å². The van der Waals surface area contributed by atoms with Gasteiger partial charge in [0, 0.05) is 25.3 Å². The molecule has 1 saturated heterocycles. The first-order valence-electron chi connectivity index (χ1n) is 7.86. The number of carbonyl (C=O) groups excluding carboxylic acids is 1. The van der Waals surface area contributed by atoms with E-state index in [1.807, 2.05) is 24.3 Å². The molecule has 0 radical (unpaired) electrons. The van der Waals surface area contributed by atoms with Crippen LogP contribution in [0.1, 0.15) is 23.4 Å². The van der Waals surface area contributed by atoms with Gasteiger partial charge in [-0.15, -0.1) is 0 Å². The second kappa shape index (κ2) is 7.33. The molecule has 2 heterocycles. The first-order valence-corrected chi connectivity index (χ1v) is 7.86. The highest BCUT2D eigenvalue weighted by molar-refractivity contribution is 5.92. The zero-order valence-electron chi connectivity index (χ0n) is 13.2. The third-order valence-electron chi connectivity index (χ3n) is 4.08. The molecule has 0 aliphatic carbocycles. The van der Waals surface area contributed by atoms with Gasteiger partial charge in [-0.25, -0.2) is 0 Å². The summed E-state index contributed by atoms with van der Waals surface area (Å²) >= 11 is 0. The summed E-state index contributed by atoms with van der Waals surface area (Å²) in [6.07, 6.45) is 1.99. The van der Waals surface area contributed by atoms with Gasteiger partial charge < -0.3 is 19.2 Å². The first-order chi connectivity index (χ1) is 11.3. The van der Waals surface area contributed by atoms with E-state index in [0.717, 1.165) is 37.4 Å². The summed E-state index contributed by atoms with van der Waals surface area (Å²) in [5, 5.41) is 2.94. The normalized spacial score (nSPS) is 15.3. The van der Waals surface area contributed by atoms with E-state index in [0.29, 0.717) is 24.0 Å². The lowest BCUT2D eigenvalue weighted by atomic mass is 10.0. The second-order valence-electron chi connectivity index (χ2n) is 5.66. The molecule has 0 bridgehead atoms. The molecule has 1 N–H and O–H groups in total. The Labute approximate surface area is 135 Å². The number of hydrogen-bond acceptors (Lipinski definition) is 4. The largest absolute Gasteiger partial charge is 0.497 e. The lowest BCUT2D eigenvalue weighted by Gasteiger charge is -2.21. The molecule has 1 fully saturated rings. The van der Waals surface area contributed by atoms with Gasteiger partial charge in [0.05, 0.1) is 7.11 Å². The number of nitrogens with one attached hydrogen (secondary N) is 1. The summed E-state index contributed by atoms with van der Waals surface area (Å²) < 4.78 is 16.2. The average molecular weight is 315 g/mol. The Balaban J connectivity index is 1.62. The molecule has 1 aromatic heterocycles. The molecule has 5 nitrogen and oxygen atoms in total. The van der Waals surface area contributed by atoms with Gasteiger partial charge in [-0.05, 0) is 43.0 Å². The summed E-state index contributed by atoms with van der Waals surface area (Å²) in [4.78, 5) is 12.2. The minimum atomic E-state index is -0.175. The van der Waals surface area contributed by atoms with Crippen LogP contribution in [0, 0.1) is 5.92 Å². The van der Waals surface area contributed by atoms with Crippen LogP contribution in [0.4, 0.5) is 0 Å². The molecule has 5 heteroatoms. The van der Waals surface area contributed by atoms with E-state index in [9.17, 15) is 4.79 Å². The van der Waals surface area contributed by atoms with Gasteiger partial charge >= 0.3 is 0 Å². The summed E-state index contributed by atoms with van der Waals surface area (Å²) in [7, 11) is 1.62. The molecular formula is C18H21NO4. The van der Waals surface area contributed by atoms with E-state index < -0.39 is 0 Å². The average Bonchev–Trinajstić information content (AvgIpc) is 3.11. The van der Waals surface area contributed by atoms with E-state index in [1.165, 1.54) is 0 Å². The Kier molecular flexibility index (Phi) is 4.98. The zero-order chi connectivity index (χ0) is 16.1. The summed E-state index contributed by atoms with van der Waals surface area (Å²) in [5.74, 6) is 2.05. The van der Waals surface area contributed by atoms with Crippen LogP contribution in [-0.2, 0) is 4.74 Å². The van der Waals surface area contributed by atoms with Crippen molar-refractivity contribution in [1.29, 1.82) is 0 Å². The number of furan rings is 1. The van der Waals surface area contributed by atoms with Crippen molar-refractivity contribution in [2.24, 2.45) is 5.92 Å². The maximum absolute atomic E-state index is 12.2.